The number of carboxylic acid groups (broad SMARTS) is 1. The van der Waals surface area contributed by atoms with Gasteiger partial charge >= 0.3 is 5.97 Å². The number of pyridine rings is 1. The van der Waals surface area contributed by atoms with Gasteiger partial charge in [0.25, 0.3) is 0 Å². The van der Waals surface area contributed by atoms with Gasteiger partial charge in [-0.15, -0.1) is 0 Å². The van der Waals surface area contributed by atoms with Crippen LogP contribution in [0, 0.1) is 6.92 Å². The number of nitrogens with zero attached hydrogens (tertiary/aromatic N) is 1. The largest absolute Gasteiger partial charge is 0.495 e. The Bertz CT molecular complexity index is 922. The van der Waals surface area contributed by atoms with E-state index < -0.39 is 5.97 Å². The van der Waals surface area contributed by atoms with Gasteiger partial charge in [0, 0.05) is 10.9 Å². The number of fused-ring (bicyclic) bond motifs is 1. The minimum atomic E-state index is -0.983. The lowest BCUT2D eigenvalue weighted by atomic mass is 10.0. The molecular formula is C18H14ClNO3. The summed E-state index contributed by atoms with van der Waals surface area (Å²) in [5, 5.41) is 10.6. The van der Waals surface area contributed by atoms with Gasteiger partial charge < -0.3 is 9.84 Å². The average molecular weight is 328 g/mol. The third-order valence-corrected chi connectivity index (χ3v) is 3.94. The second kappa shape index (κ2) is 5.89. The number of carbonyl (C=O) groups is 1. The van der Waals surface area contributed by atoms with Crippen molar-refractivity contribution in [1.82, 2.24) is 4.98 Å². The fraction of sp³-hybridized carbons (Fsp3) is 0.111. The van der Waals surface area contributed by atoms with Crippen LogP contribution in [-0.4, -0.2) is 23.2 Å². The van der Waals surface area contributed by atoms with Crippen molar-refractivity contribution in [3.63, 3.8) is 0 Å². The number of halogens is 1. The molecule has 0 spiro atoms. The Kier molecular flexibility index (Phi) is 3.92. The van der Waals surface area contributed by atoms with Crippen LogP contribution < -0.4 is 4.74 Å². The van der Waals surface area contributed by atoms with E-state index in [4.69, 9.17) is 16.3 Å². The number of carboxylic acids is 1. The van der Waals surface area contributed by atoms with Gasteiger partial charge in [0.2, 0.25) is 0 Å². The van der Waals surface area contributed by atoms with Crippen molar-refractivity contribution < 1.29 is 14.6 Å². The molecule has 0 unspecified atom stereocenters. The predicted octanol–water partition coefficient (Wildman–Crippen LogP) is 4.57. The molecule has 0 aliphatic carbocycles. The van der Waals surface area contributed by atoms with E-state index in [9.17, 15) is 9.90 Å². The molecule has 5 heteroatoms. The Labute approximate surface area is 138 Å². The van der Waals surface area contributed by atoms with E-state index in [1.165, 1.54) is 0 Å². The first-order valence-corrected chi connectivity index (χ1v) is 7.36. The Morgan fingerprint density at radius 3 is 2.61 bits per heavy atom. The van der Waals surface area contributed by atoms with Crippen LogP contribution in [0.2, 0.25) is 5.02 Å². The summed E-state index contributed by atoms with van der Waals surface area (Å²) < 4.78 is 5.13. The van der Waals surface area contributed by atoms with Crippen LogP contribution in [-0.2, 0) is 0 Å². The van der Waals surface area contributed by atoms with Crippen LogP contribution in [0.1, 0.15) is 15.9 Å². The lowest BCUT2D eigenvalue weighted by molar-refractivity contribution is 0.0699. The first kappa shape index (κ1) is 15.3. The van der Waals surface area contributed by atoms with Crippen molar-refractivity contribution in [2.24, 2.45) is 0 Å². The zero-order valence-corrected chi connectivity index (χ0v) is 13.4. The SMILES string of the molecule is COc1ccc(-c2cc(C(=O)O)c3cc(C)ccc3n2)cc1Cl. The topological polar surface area (TPSA) is 59.4 Å². The molecule has 0 amide bonds. The molecule has 23 heavy (non-hydrogen) atoms. The number of hydrogen-bond donors (Lipinski definition) is 1. The van der Waals surface area contributed by atoms with E-state index in [1.54, 1.807) is 31.4 Å². The second-order valence-corrected chi connectivity index (χ2v) is 5.64. The first-order chi connectivity index (χ1) is 11.0. The van der Waals surface area contributed by atoms with Crippen LogP contribution in [0.25, 0.3) is 22.2 Å². The van der Waals surface area contributed by atoms with Gasteiger partial charge in [0.15, 0.2) is 0 Å². The van der Waals surface area contributed by atoms with Crippen LogP contribution in [0.5, 0.6) is 5.75 Å². The quantitative estimate of drug-likeness (QED) is 0.765. The van der Waals surface area contributed by atoms with Crippen molar-refractivity contribution in [1.29, 1.82) is 0 Å². The number of aromatic nitrogens is 1. The second-order valence-electron chi connectivity index (χ2n) is 5.23. The van der Waals surface area contributed by atoms with Gasteiger partial charge in [-0.1, -0.05) is 23.2 Å². The summed E-state index contributed by atoms with van der Waals surface area (Å²) in [6, 6.07) is 12.4. The highest BCUT2D eigenvalue weighted by molar-refractivity contribution is 6.32. The summed E-state index contributed by atoms with van der Waals surface area (Å²) in [5.41, 5.74) is 3.14. The van der Waals surface area contributed by atoms with E-state index >= 15 is 0 Å². The van der Waals surface area contributed by atoms with Gasteiger partial charge in [0.1, 0.15) is 5.75 Å². The lowest BCUT2D eigenvalue weighted by Crippen LogP contribution is -2.00. The van der Waals surface area contributed by atoms with Crippen molar-refractivity contribution >= 4 is 28.5 Å². The van der Waals surface area contributed by atoms with E-state index in [1.807, 2.05) is 25.1 Å². The molecule has 0 fully saturated rings. The number of aryl methyl sites for hydroxylation is 1. The maximum Gasteiger partial charge on any atom is 0.336 e. The molecule has 3 aromatic rings. The lowest BCUT2D eigenvalue weighted by Gasteiger charge is -2.09. The highest BCUT2D eigenvalue weighted by atomic mass is 35.5. The number of hydrogen-bond acceptors (Lipinski definition) is 3. The van der Waals surface area contributed by atoms with E-state index in [2.05, 4.69) is 4.98 Å². The van der Waals surface area contributed by atoms with Crippen molar-refractivity contribution in [3.05, 3.63) is 58.6 Å². The van der Waals surface area contributed by atoms with Crippen molar-refractivity contribution in [3.8, 4) is 17.0 Å². The third-order valence-electron chi connectivity index (χ3n) is 3.64. The molecule has 0 aliphatic rings. The van der Waals surface area contributed by atoms with Gasteiger partial charge in [-0.3, -0.25) is 0 Å². The Balaban J connectivity index is 2.24. The first-order valence-electron chi connectivity index (χ1n) is 6.98. The Morgan fingerprint density at radius 1 is 1.17 bits per heavy atom. The van der Waals surface area contributed by atoms with Crippen molar-refractivity contribution in [2.45, 2.75) is 6.92 Å². The fourth-order valence-electron chi connectivity index (χ4n) is 2.49. The van der Waals surface area contributed by atoms with Gasteiger partial charge in [0.05, 0.1) is 28.9 Å². The molecule has 4 nitrogen and oxygen atoms in total. The van der Waals surface area contributed by atoms with Crippen LogP contribution in [0.15, 0.2) is 42.5 Å². The molecule has 3 rings (SSSR count). The standard InChI is InChI=1S/C18H14ClNO3/c1-10-3-5-15-12(7-10)13(18(21)22)9-16(20-15)11-4-6-17(23-2)14(19)8-11/h3-9H,1-2H3,(H,21,22). The minimum Gasteiger partial charge on any atom is -0.495 e. The van der Waals surface area contributed by atoms with Gasteiger partial charge in [-0.2, -0.15) is 0 Å². The minimum absolute atomic E-state index is 0.223. The Morgan fingerprint density at radius 2 is 1.96 bits per heavy atom. The Hall–Kier alpha value is -2.59. The molecule has 1 aromatic heterocycles. The van der Waals surface area contributed by atoms with Crippen LogP contribution in [0.3, 0.4) is 0 Å². The fourth-order valence-corrected chi connectivity index (χ4v) is 2.75. The maximum absolute atomic E-state index is 11.6. The normalized spacial score (nSPS) is 10.7. The molecule has 0 aliphatic heterocycles. The van der Waals surface area contributed by atoms with Crippen LogP contribution in [0.4, 0.5) is 0 Å². The molecule has 1 heterocycles. The zero-order valence-electron chi connectivity index (χ0n) is 12.6. The molecule has 1 N–H and O–H groups in total. The number of ether oxygens (including phenoxy) is 1. The number of aromatic carboxylic acids is 1. The molecule has 0 saturated heterocycles. The summed E-state index contributed by atoms with van der Waals surface area (Å²) >= 11 is 6.15. The van der Waals surface area contributed by atoms with E-state index in [0.29, 0.717) is 27.4 Å². The van der Waals surface area contributed by atoms with Gasteiger partial charge in [-0.25, -0.2) is 9.78 Å². The van der Waals surface area contributed by atoms with E-state index in [0.717, 1.165) is 11.1 Å². The molecule has 116 valence electrons. The summed E-state index contributed by atoms with van der Waals surface area (Å²) in [4.78, 5) is 16.2. The van der Waals surface area contributed by atoms with Gasteiger partial charge in [-0.05, 0) is 43.3 Å². The maximum atomic E-state index is 11.6. The summed E-state index contributed by atoms with van der Waals surface area (Å²) in [6.07, 6.45) is 0. The predicted molar refractivity (Wildman–Crippen MR) is 90.4 cm³/mol. The summed E-state index contributed by atoms with van der Waals surface area (Å²) in [6.45, 7) is 1.92. The molecule has 0 atom stereocenters. The third kappa shape index (κ3) is 2.85. The zero-order chi connectivity index (χ0) is 16.6. The van der Waals surface area contributed by atoms with Crippen LogP contribution >= 0.6 is 11.6 Å². The molecule has 0 saturated carbocycles. The van der Waals surface area contributed by atoms with Crippen molar-refractivity contribution in [2.75, 3.05) is 7.11 Å². The monoisotopic (exact) mass is 327 g/mol. The smallest absolute Gasteiger partial charge is 0.336 e. The number of methoxy groups -OCH3 is 1. The molecular weight excluding hydrogens is 314 g/mol. The highest BCUT2D eigenvalue weighted by Crippen LogP contribution is 2.31. The molecule has 2 aromatic carbocycles. The highest BCUT2D eigenvalue weighted by Gasteiger charge is 2.14. The number of rotatable bonds is 3. The molecule has 0 bridgehead atoms. The summed E-state index contributed by atoms with van der Waals surface area (Å²) in [5.74, 6) is -0.422. The summed E-state index contributed by atoms with van der Waals surface area (Å²) in [7, 11) is 1.54. The number of benzene rings is 2. The average Bonchev–Trinajstić information content (AvgIpc) is 2.53. The molecule has 0 radical (unpaired) electrons. The van der Waals surface area contributed by atoms with E-state index in [-0.39, 0.29) is 5.56 Å².